The van der Waals surface area contributed by atoms with Crippen molar-refractivity contribution in [1.29, 1.82) is 0 Å². The van der Waals surface area contributed by atoms with Crippen LogP contribution in [0.1, 0.15) is 18.4 Å². The summed E-state index contributed by atoms with van der Waals surface area (Å²) >= 11 is 0. The van der Waals surface area contributed by atoms with Gasteiger partial charge >= 0.3 is 0 Å². The van der Waals surface area contributed by atoms with Crippen LogP contribution in [0.3, 0.4) is 0 Å². The third-order valence-electron chi connectivity index (χ3n) is 3.10. The first-order chi connectivity index (χ1) is 9.20. The van der Waals surface area contributed by atoms with Crippen molar-refractivity contribution in [2.75, 3.05) is 0 Å². The number of para-hydroxylation sites is 1. The number of nitrogens with one attached hydrogen (secondary N) is 1. The van der Waals surface area contributed by atoms with Gasteiger partial charge < -0.3 is 4.98 Å². The van der Waals surface area contributed by atoms with Crippen molar-refractivity contribution in [3.8, 4) is 5.69 Å². The second-order valence-corrected chi connectivity index (χ2v) is 4.40. The number of aryl methyl sites for hydroxylation is 2. The fraction of sp³-hybridized carbons (Fsp3) is 0.214. The van der Waals surface area contributed by atoms with Crippen LogP contribution in [0.2, 0.25) is 0 Å². The van der Waals surface area contributed by atoms with Gasteiger partial charge in [0.25, 0.3) is 5.56 Å². The lowest BCUT2D eigenvalue weighted by Gasteiger charge is -2.03. The highest BCUT2D eigenvalue weighted by atomic mass is 16.1. The average molecular weight is 254 g/mol. The summed E-state index contributed by atoms with van der Waals surface area (Å²) in [5.74, 6) is 0.676. The summed E-state index contributed by atoms with van der Waals surface area (Å²) in [6.45, 7) is 3.78. The molecular weight excluding hydrogens is 240 g/mol. The van der Waals surface area contributed by atoms with E-state index in [1.165, 1.54) is 0 Å². The molecule has 5 nitrogen and oxygen atoms in total. The summed E-state index contributed by atoms with van der Waals surface area (Å²) in [5.41, 5.74) is 2.09. The van der Waals surface area contributed by atoms with Gasteiger partial charge in [-0.15, -0.1) is 0 Å². The minimum Gasteiger partial charge on any atom is -0.310 e. The summed E-state index contributed by atoms with van der Waals surface area (Å²) in [7, 11) is 0. The van der Waals surface area contributed by atoms with Gasteiger partial charge in [-0.3, -0.25) is 4.79 Å². The number of aromatic nitrogens is 4. The Balaban J connectivity index is 2.38. The molecule has 96 valence electrons. The molecule has 0 fully saturated rings. The molecule has 0 bridgehead atoms. The van der Waals surface area contributed by atoms with Crippen LogP contribution in [-0.2, 0) is 6.42 Å². The van der Waals surface area contributed by atoms with Gasteiger partial charge in [-0.1, -0.05) is 25.1 Å². The van der Waals surface area contributed by atoms with Crippen LogP contribution in [-0.4, -0.2) is 19.7 Å². The van der Waals surface area contributed by atoms with Gasteiger partial charge in [-0.25, -0.2) is 9.67 Å². The number of aromatic amines is 1. The summed E-state index contributed by atoms with van der Waals surface area (Å²) in [6, 6.07) is 9.71. The van der Waals surface area contributed by atoms with Crippen LogP contribution in [0.5, 0.6) is 0 Å². The van der Waals surface area contributed by atoms with Crippen LogP contribution in [0, 0.1) is 6.92 Å². The third kappa shape index (κ3) is 1.83. The molecule has 0 atom stereocenters. The number of H-pyrrole nitrogens is 1. The molecule has 1 N–H and O–H groups in total. The Morgan fingerprint density at radius 1 is 1.26 bits per heavy atom. The second kappa shape index (κ2) is 4.35. The van der Waals surface area contributed by atoms with E-state index in [2.05, 4.69) is 15.1 Å². The van der Waals surface area contributed by atoms with Crippen LogP contribution < -0.4 is 5.56 Å². The molecule has 19 heavy (non-hydrogen) atoms. The predicted molar refractivity (Wildman–Crippen MR) is 73.6 cm³/mol. The Morgan fingerprint density at radius 2 is 2.00 bits per heavy atom. The van der Waals surface area contributed by atoms with E-state index in [1.54, 1.807) is 4.68 Å². The molecule has 0 unspecified atom stereocenters. The zero-order valence-electron chi connectivity index (χ0n) is 10.8. The molecule has 2 heterocycles. The van der Waals surface area contributed by atoms with E-state index in [1.807, 2.05) is 44.2 Å². The maximum absolute atomic E-state index is 12.1. The zero-order chi connectivity index (χ0) is 13.4. The standard InChI is InChI=1S/C14H14N4O/c1-3-11-15-13-12(14(19)16-11)9(2)17-18(13)10-7-5-4-6-8-10/h4-8H,3H2,1-2H3,(H,15,16,19). The van der Waals surface area contributed by atoms with Gasteiger partial charge in [0.1, 0.15) is 11.2 Å². The maximum atomic E-state index is 12.1. The third-order valence-corrected chi connectivity index (χ3v) is 3.10. The van der Waals surface area contributed by atoms with E-state index in [4.69, 9.17) is 0 Å². The lowest BCUT2D eigenvalue weighted by molar-refractivity contribution is 0.862. The maximum Gasteiger partial charge on any atom is 0.262 e. The molecule has 0 aliphatic heterocycles. The number of nitrogens with zero attached hydrogens (tertiary/aromatic N) is 3. The molecule has 0 spiro atoms. The fourth-order valence-corrected chi connectivity index (χ4v) is 2.15. The number of fused-ring (bicyclic) bond motifs is 1. The summed E-state index contributed by atoms with van der Waals surface area (Å²) in [4.78, 5) is 19.4. The van der Waals surface area contributed by atoms with E-state index in [0.717, 1.165) is 5.69 Å². The molecule has 0 aliphatic carbocycles. The zero-order valence-corrected chi connectivity index (χ0v) is 10.8. The van der Waals surface area contributed by atoms with Crippen LogP contribution >= 0.6 is 0 Å². The average Bonchev–Trinajstić information content (AvgIpc) is 2.77. The minimum atomic E-state index is -0.124. The van der Waals surface area contributed by atoms with Gasteiger partial charge in [0, 0.05) is 6.42 Å². The van der Waals surface area contributed by atoms with Crippen LogP contribution in [0.15, 0.2) is 35.1 Å². The Kier molecular flexibility index (Phi) is 2.67. The quantitative estimate of drug-likeness (QED) is 0.760. The normalized spacial score (nSPS) is 11.1. The summed E-state index contributed by atoms with van der Waals surface area (Å²) in [5, 5.41) is 4.99. The van der Waals surface area contributed by atoms with Gasteiger partial charge in [0.15, 0.2) is 5.65 Å². The SMILES string of the molecule is CCc1nc2c(c(C)nn2-c2ccccc2)c(=O)[nH]1. The van der Waals surface area contributed by atoms with Crippen molar-refractivity contribution in [1.82, 2.24) is 19.7 Å². The molecule has 0 saturated heterocycles. The Morgan fingerprint density at radius 3 is 2.68 bits per heavy atom. The van der Waals surface area contributed by atoms with E-state index in [0.29, 0.717) is 29.0 Å². The largest absolute Gasteiger partial charge is 0.310 e. The second-order valence-electron chi connectivity index (χ2n) is 4.40. The van der Waals surface area contributed by atoms with E-state index >= 15 is 0 Å². The van der Waals surface area contributed by atoms with Gasteiger partial charge in [0.05, 0.1) is 11.4 Å². The number of hydrogen-bond donors (Lipinski definition) is 1. The highest BCUT2D eigenvalue weighted by Gasteiger charge is 2.14. The smallest absolute Gasteiger partial charge is 0.262 e. The molecule has 0 amide bonds. The number of rotatable bonds is 2. The van der Waals surface area contributed by atoms with Gasteiger partial charge in [-0.05, 0) is 19.1 Å². The van der Waals surface area contributed by atoms with Crippen molar-refractivity contribution in [3.05, 3.63) is 52.2 Å². The highest BCUT2D eigenvalue weighted by molar-refractivity contribution is 5.78. The lowest BCUT2D eigenvalue weighted by Crippen LogP contribution is -2.12. The molecule has 2 aromatic heterocycles. The van der Waals surface area contributed by atoms with Crippen molar-refractivity contribution in [3.63, 3.8) is 0 Å². The first-order valence-electron chi connectivity index (χ1n) is 6.24. The Hall–Kier alpha value is -2.43. The summed E-state index contributed by atoms with van der Waals surface area (Å²) in [6.07, 6.45) is 0.685. The topological polar surface area (TPSA) is 63.6 Å². The monoisotopic (exact) mass is 254 g/mol. The highest BCUT2D eigenvalue weighted by Crippen LogP contribution is 2.16. The van der Waals surface area contributed by atoms with Crippen molar-refractivity contribution in [2.24, 2.45) is 0 Å². The summed E-state index contributed by atoms with van der Waals surface area (Å²) < 4.78 is 1.72. The first kappa shape index (κ1) is 11.6. The van der Waals surface area contributed by atoms with Crippen molar-refractivity contribution in [2.45, 2.75) is 20.3 Å². The van der Waals surface area contributed by atoms with Crippen molar-refractivity contribution >= 4 is 11.0 Å². The molecule has 1 aromatic carbocycles. The molecule has 5 heteroatoms. The minimum absolute atomic E-state index is 0.124. The fourth-order valence-electron chi connectivity index (χ4n) is 2.15. The first-order valence-corrected chi connectivity index (χ1v) is 6.24. The van der Waals surface area contributed by atoms with Gasteiger partial charge in [0.2, 0.25) is 0 Å². The molecule has 0 saturated carbocycles. The number of benzene rings is 1. The molecule has 3 aromatic rings. The van der Waals surface area contributed by atoms with E-state index in [-0.39, 0.29) is 5.56 Å². The van der Waals surface area contributed by atoms with Crippen LogP contribution in [0.4, 0.5) is 0 Å². The lowest BCUT2D eigenvalue weighted by atomic mass is 10.3. The van der Waals surface area contributed by atoms with Crippen LogP contribution in [0.25, 0.3) is 16.7 Å². The molecule has 0 radical (unpaired) electrons. The Labute approximate surface area is 109 Å². The molecule has 3 rings (SSSR count). The number of hydrogen-bond acceptors (Lipinski definition) is 3. The van der Waals surface area contributed by atoms with E-state index < -0.39 is 0 Å². The van der Waals surface area contributed by atoms with Crippen molar-refractivity contribution < 1.29 is 0 Å². The van der Waals surface area contributed by atoms with Gasteiger partial charge in [-0.2, -0.15) is 5.10 Å². The molecule has 0 aliphatic rings. The Bertz CT molecular complexity index is 786. The van der Waals surface area contributed by atoms with E-state index in [9.17, 15) is 4.79 Å². The molecular formula is C14H14N4O. The predicted octanol–water partition coefficient (Wildman–Crippen LogP) is 1.98.